The second-order valence-corrected chi connectivity index (χ2v) is 3.33. The maximum atomic E-state index is 5.79. The van der Waals surface area contributed by atoms with Gasteiger partial charge in [0.15, 0.2) is 0 Å². The van der Waals surface area contributed by atoms with Crippen LogP contribution in [0.5, 0.6) is 5.75 Å². The zero-order valence-corrected chi connectivity index (χ0v) is 8.43. The summed E-state index contributed by atoms with van der Waals surface area (Å²) in [5, 5.41) is 0. The smallest absolute Gasteiger partial charge is 0.122 e. The predicted molar refractivity (Wildman–Crippen MR) is 55.6 cm³/mol. The molecule has 1 heterocycles. The fraction of sp³-hybridized carbons (Fsp3) is 0.400. The van der Waals surface area contributed by atoms with Crippen LogP contribution in [-0.4, -0.2) is 12.6 Å². The largest absolute Gasteiger partial charge is 0.492 e. The second kappa shape index (κ2) is 3.99. The highest BCUT2D eigenvalue weighted by Gasteiger charge is 2.17. The molecule has 0 amide bonds. The number of nitrogens with two attached hydrogens (primary N) is 1. The van der Waals surface area contributed by atoms with Gasteiger partial charge in [-0.3, -0.25) is 0 Å². The van der Waals surface area contributed by atoms with Crippen molar-refractivity contribution in [2.75, 3.05) is 6.61 Å². The number of hydrogen-bond donors (Lipinski definition) is 1. The van der Waals surface area contributed by atoms with Crippen LogP contribution < -0.4 is 10.5 Å². The van der Waals surface area contributed by atoms with Gasteiger partial charge in [-0.15, -0.1) is 12.4 Å². The summed E-state index contributed by atoms with van der Waals surface area (Å²) in [5.41, 5.74) is 8.35. The highest BCUT2D eigenvalue weighted by molar-refractivity contribution is 5.85. The lowest BCUT2D eigenvalue weighted by atomic mass is 9.99. The first kappa shape index (κ1) is 10.4. The highest BCUT2D eigenvalue weighted by atomic mass is 35.5. The van der Waals surface area contributed by atoms with Gasteiger partial charge in [0.25, 0.3) is 0 Å². The van der Waals surface area contributed by atoms with Crippen LogP contribution >= 0.6 is 12.4 Å². The quantitative estimate of drug-likeness (QED) is 0.690. The van der Waals surface area contributed by atoms with Gasteiger partial charge in [-0.2, -0.15) is 0 Å². The van der Waals surface area contributed by atoms with Crippen LogP contribution in [-0.2, 0) is 6.42 Å². The Morgan fingerprint density at radius 2 is 2.23 bits per heavy atom. The van der Waals surface area contributed by atoms with E-state index in [2.05, 4.69) is 13.0 Å². The molecule has 2 N–H and O–H groups in total. The minimum Gasteiger partial charge on any atom is -0.492 e. The number of rotatable bonds is 0. The van der Waals surface area contributed by atoms with Crippen molar-refractivity contribution in [3.63, 3.8) is 0 Å². The van der Waals surface area contributed by atoms with Gasteiger partial charge in [0.05, 0.1) is 0 Å². The van der Waals surface area contributed by atoms with Gasteiger partial charge in [-0.05, 0) is 30.5 Å². The fourth-order valence-electron chi connectivity index (χ4n) is 1.59. The van der Waals surface area contributed by atoms with E-state index in [9.17, 15) is 0 Å². The van der Waals surface area contributed by atoms with Crippen molar-refractivity contribution in [3.8, 4) is 5.75 Å². The van der Waals surface area contributed by atoms with Gasteiger partial charge in [0.2, 0.25) is 0 Å². The number of hydrogen-bond acceptors (Lipinski definition) is 2. The number of halogens is 1. The van der Waals surface area contributed by atoms with Gasteiger partial charge >= 0.3 is 0 Å². The van der Waals surface area contributed by atoms with Crippen molar-refractivity contribution in [3.05, 3.63) is 29.3 Å². The molecule has 13 heavy (non-hydrogen) atoms. The molecule has 0 bridgehead atoms. The molecule has 1 aromatic carbocycles. The third-order valence-electron chi connectivity index (χ3n) is 2.29. The Hall–Kier alpha value is -0.730. The van der Waals surface area contributed by atoms with E-state index in [1.54, 1.807) is 0 Å². The SMILES string of the molecule is Cc1cccc2c1CC(N)CO2.Cl. The summed E-state index contributed by atoms with van der Waals surface area (Å²) < 4.78 is 5.49. The van der Waals surface area contributed by atoms with Crippen LogP contribution in [0.4, 0.5) is 0 Å². The molecule has 0 fully saturated rings. The van der Waals surface area contributed by atoms with Crippen LogP contribution in [0.15, 0.2) is 18.2 Å². The number of benzene rings is 1. The maximum Gasteiger partial charge on any atom is 0.122 e. The lowest BCUT2D eigenvalue weighted by molar-refractivity contribution is 0.263. The minimum absolute atomic E-state index is 0. The summed E-state index contributed by atoms with van der Waals surface area (Å²) in [6.07, 6.45) is 0.946. The molecule has 0 aliphatic carbocycles. The second-order valence-electron chi connectivity index (χ2n) is 3.33. The molecule has 1 aliphatic rings. The first-order valence-corrected chi connectivity index (χ1v) is 4.24. The van der Waals surface area contributed by atoms with E-state index in [0.717, 1.165) is 12.2 Å². The first-order chi connectivity index (χ1) is 5.77. The Morgan fingerprint density at radius 1 is 1.46 bits per heavy atom. The van der Waals surface area contributed by atoms with E-state index < -0.39 is 0 Å². The Balaban J connectivity index is 0.000000845. The van der Waals surface area contributed by atoms with E-state index in [-0.39, 0.29) is 18.4 Å². The van der Waals surface area contributed by atoms with Crippen LogP contribution in [0.25, 0.3) is 0 Å². The Bertz CT molecular complexity index is 301. The average molecular weight is 200 g/mol. The molecule has 0 aromatic heterocycles. The molecule has 0 radical (unpaired) electrons. The third kappa shape index (κ3) is 1.95. The molecule has 1 aromatic rings. The van der Waals surface area contributed by atoms with Crippen molar-refractivity contribution in [1.82, 2.24) is 0 Å². The molecular weight excluding hydrogens is 186 g/mol. The Morgan fingerprint density at radius 3 is 3.00 bits per heavy atom. The summed E-state index contributed by atoms with van der Waals surface area (Å²) in [6, 6.07) is 6.29. The van der Waals surface area contributed by atoms with Gasteiger partial charge in [0, 0.05) is 6.04 Å². The van der Waals surface area contributed by atoms with Crippen LogP contribution in [0.3, 0.4) is 0 Å². The number of aryl methyl sites for hydroxylation is 1. The van der Waals surface area contributed by atoms with Crippen molar-refractivity contribution in [2.24, 2.45) is 5.73 Å². The van der Waals surface area contributed by atoms with Crippen molar-refractivity contribution in [2.45, 2.75) is 19.4 Å². The van der Waals surface area contributed by atoms with Crippen LogP contribution in [0, 0.1) is 6.92 Å². The molecule has 1 aliphatic heterocycles. The van der Waals surface area contributed by atoms with Crippen molar-refractivity contribution < 1.29 is 4.74 Å². The first-order valence-electron chi connectivity index (χ1n) is 4.24. The lowest BCUT2D eigenvalue weighted by Gasteiger charge is -2.23. The van der Waals surface area contributed by atoms with E-state index in [1.165, 1.54) is 11.1 Å². The molecule has 0 saturated heterocycles. The Labute approximate surface area is 84.5 Å². The molecule has 1 unspecified atom stereocenters. The van der Waals surface area contributed by atoms with Gasteiger partial charge in [-0.1, -0.05) is 12.1 Å². The van der Waals surface area contributed by atoms with E-state index in [1.807, 2.05) is 12.1 Å². The average Bonchev–Trinajstić information content (AvgIpc) is 2.07. The van der Waals surface area contributed by atoms with Gasteiger partial charge < -0.3 is 10.5 Å². The van der Waals surface area contributed by atoms with Crippen molar-refractivity contribution in [1.29, 1.82) is 0 Å². The zero-order valence-electron chi connectivity index (χ0n) is 7.62. The van der Waals surface area contributed by atoms with Crippen LogP contribution in [0.1, 0.15) is 11.1 Å². The van der Waals surface area contributed by atoms with Gasteiger partial charge in [0.1, 0.15) is 12.4 Å². The van der Waals surface area contributed by atoms with E-state index >= 15 is 0 Å². The normalized spacial score (nSPS) is 19.7. The summed E-state index contributed by atoms with van der Waals surface area (Å²) in [4.78, 5) is 0. The third-order valence-corrected chi connectivity index (χ3v) is 2.29. The Kier molecular flexibility index (Phi) is 3.17. The van der Waals surface area contributed by atoms with Crippen LogP contribution in [0.2, 0.25) is 0 Å². The maximum absolute atomic E-state index is 5.79. The molecule has 2 nitrogen and oxygen atoms in total. The minimum atomic E-state index is 0. The fourth-order valence-corrected chi connectivity index (χ4v) is 1.59. The number of ether oxygens (including phenoxy) is 1. The van der Waals surface area contributed by atoms with Crippen molar-refractivity contribution >= 4 is 12.4 Å². The van der Waals surface area contributed by atoms with E-state index in [4.69, 9.17) is 10.5 Å². The predicted octanol–water partition coefficient (Wildman–Crippen LogP) is 1.68. The highest BCUT2D eigenvalue weighted by Crippen LogP contribution is 2.26. The monoisotopic (exact) mass is 199 g/mol. The number of fused-ring (bicyclic) bond motifs is 1. The lowest BCUT2D eigenvalue weighted by Crippen LogP contribution is -2.34. The summed E-state index contributed by atoms with van der Waals surface area (Å²) >= 11 is 0. The molecule has 0 spiro atoms. The standard InChI is InChI=1S/C10H13NO.ClH/c1-7-3-2-4-10-9(7)5-8(11)6-12-10;/h2-4,8H,5-6,11H2,1H3;1H. The molecule has 3 heteroatoms. The summed E-state index contributed by atoms with van der Waals surface area (Å²) in [6.45, 7) is 2.75. The molecule has 2 rings (SSSR count). The molecule has 0 saturated carbocycles. The zero-order chi connectivity index (χ0) is 8.55. The van der Waals surface area contributed by atoms with E-state index in [0.29, 0.717) is 6.61 Å². The topological polar surface area (TPSA) is 35.2 Å². The molecule has 72 valence electrons. The summed E-state index contributed by atoms with van der Waals surface area (Å²) in [7, 11) is 0. The van der Waals surface area contributed by atoms with Gasteiger partial charge in [-0.25, -0.2) is 0 Å². The molecule has 1 atom stereocenters. The molecular formula is C10H14ClNO. The summed E-state index contributed by atoms with van der Waals surface area (Å²) in [5.74, 6) is 1.01.